The summed E-state index contributed by atoms with van der Waals surface area (Å²) in [5, 5.41) is 2.10. The third kappa shape index (κ3) is 3.29. The molecule has 1 aliphatic rings. The number of hydrogen-bond acceptors (Lipinski definition) is 5. The van der Waals surface area contributed by atoms with Crippen molar-refractivity contribution in [1.82, 2.24) is 19.5 Å². The van der Waals surface area contributed by atoms with Crippen molar-refractivity contribution >= 4 is 15.9 Å². The molecule has 1 aromatic rings. The van der Waals surface area contributed by atoms with Crippen LogP contribution in [0, 0.1) is 0 Å². The summed E-state index contributed by atoms with van der Waals surface area (Å²) < 4.78 is 27.1. The highest BCUT2D eigenvalue weighted by atomic mass is 32.2. The summed E-state index contributed by atoms with van der Waals surface area (Å²) in [7, 11) is -0.609. The summed E-state index contributed by atoms with van der Waals surface area (Å²) >= 11 is 0. The third-order valence-corrected chi connectivity index (χ3v) is 6.01. The van der Waals surface area contributed by atoms with Crippen molar-refractivity contribution in [2.45, 2.75) is 18.2 Å². The van der Waals surface area contributed by atoms with Gasteiger partial charge in [0.1, 0.15) is 0 Å². The lowest BCUT2D eigenvalue weighted by molar-refractivity contribution is -0.128. The van der Waals surface area contributed by atoms with Crippen LogP contribution in [0.4, 0.5) is 0 Å². The number of pyridine rings is 1. The average Bonchev–Trinajstić information content (AvgIpc) is 2.54. The normalized spacial score (nSPS) is 21.3. The Morgan fingerprint density at radius 1 is 1.50 bits per heavy atom. The topological polar surface area (TPSA) is 82.6 Å². The summed E-state index contributed by atoms with van der Waals surface area (Å²) in [6.45, 7) is 2.86. The minimum atomic E-state index is -3.73. The van der Waals surface area contributed by atoms with Crippen LogP contribution in [0.15, 0.2) is 24.5 Å². The number of sulfonamides is 1. The maximum Gasteiger partial charge on any atom is 0.241 e. The number of nitrogens with one attached hydrogen (secondary N) is 1. The average molecular weight is 326 g/mol. The summed E-state index contributed by atoms with van der Waals surface area (Å²) in [4.78, 5) is 17.4. The molecule has 0 saturated carbocycles. The Labute approximate surface area is 131 Å². The molecular formula is C14H22N4O3S. The van der Waals surface area contributed by atoms with Crippen LogP contribution >= 0.6 is 0 Å². The highest BCUT2D eigenvalue weighted by Crippen LogP contribution is 2.26. The minimum Gasteiger partial charge on any atom is -0.348 e. The number of rotatable bonds is 4. The van der Waals surface area contributed by atoms with E-state index < -0.39 is 21.2 Å². The zero-order valence-corrected chi connectivity index (χ0v) is 13.9. The molecule has 0 spiro atoms. The number of carbonyl (C=O) groups is 1. The minimum absolute atomic E-state index is 0.340. The largest absolute Gasteiger partial charge is 0.348 e. The van der Waals surface area contributed by atoms with Crippen LogP contribution in [0.25, 0.3) is 0 Å². The second-order valence-corrected chi connectivity index (χ2v) is 7.74. The first-order chi connectivity index (χ1) is 10.4. The monoisotopic (exact) mass is 326 g/mol. The number of carbonyl (C=O) groups excluding carboxylic acids is 1. The SMILES string of the molecule is CC(C(=O)N(C)C)S(=O)(=O)N1CCNCC1c1cccnc1. The Morgan fingerprint density at radius 3 is 2.82 bits per heavy atom. The standard InChI is InChI=1S/C14H22N4O3S/c1-11(14(19)17(2)3)22(20,21)18-8-7-16-10-13(18)12-5-4-6-15-9-12/h4-6,9,11,13,16H,7-8,10H2,1-3H3. The molecule has 0 aromatic carbocycles. The van der Waals surface area contributed by atoms with Gasteiger partial charge in [0.05, 0.1) is 6.04 Å². The fourth-order valence-corrected chi connectivity index (χ4v) is 4.31. The summed E-state index contributed by atoms with van der Waals surface area (Å²) in [6, 6.07) is 3.29. The van der Waals surface area contributed by atoms with Crippen molar-refractivity contribution in [2.24, 2.45) is 0 Å². The lowest BCUT2D eigenvalue weighted by Gasteiger charge is -2.37. The van der Waals surface area contributed by atoms with Gasteiger partial charge in [-0.1, -0.05) is 6.07 Å². The van der Waals surface area contributed by atoms with Crippen LogP contribution in [-0.2, 0) is 14.8 Å². The van der Waals surface area contributed by atoms with Crippen LogP contribution in [0.1, 0.15) is 18.5 Å². The van der Waals surface area contributed by atoms with Crippen molar-refractivity contribution in [2.75, 3.05) is 33.7 Å². The molecule has 0 aliphatic carbocycles. The molecule has 22 heavy (non-hydrogen) atoms. The Kier molecular flexibility index (Phi) is 5.15. The zero-order valence-electron chi connectivity index (χ0n) is 13.1. The Balaban J connectivity index is 2.33. The molecule has 1 saturated heterocycles. The second-order valence-electron chi connectivity index (χ2n) is 5.54. The van der Waals surface area contributed by atoms with Crippen molar-refractivity contribution in [3.8, 4) is 0 Å². The molecule has 1 amide bonds. The quantitative estimate of drug-likeness (QED) is 0.831. The lowest BCUT2D eigenvalue weighted by Crippen LogP contribution is -2.53. The van der Waals surface area contributed by atoms with Gasteiger partial charge in [-0.15, -0.1) is 0 Å². The summed E-state index contributed by atoms with van der Waals surface area (Å²) in [5.74, 6) is -0.413. The van der Waals surface area contributed by atoms with E-state index in [1.165, 1.54) is 16.1 Å². The van der Waals surface area contributed by atoms with Crippen LogP contribution in [0.3, 0.4) is 0 Å². The van der Waals surface area contributed by atoms with E-state index in [0.717, 1.165) is 5.56 Å². The predicted molar refractivity (Wildman–Crippen MR) is 83.6 cm³/mol. The van der Waals surface area contributed by atoms with E-state index in [2.05, 4.69) is 10.3 Å². The highest BCUT2D eigenvalue weighted by molar-refractivity contribution is 7.90. The van der Waals surface area contributed by atoms with Crippen molar-refractivity contribution in [3.05, 3.63) is 30.1 Å². The van der Waals surface area contributed by atoms with Gasteiger partial charge in [0.2, 0.25) is 15.9 Å². The van der Waals surface area contributed by atoms with Gasteiger partial charge in [0.15, 0.2) is 5.25 Å². The molecule has 1 aromatic heterocycles. The number of amides is 1. The van der Waals surface area contributed by atoms with Gasteiger partial charge in [-0.05, 0) is 18.6 Å². The summed E-state index contributed by atoms with van der Waals surface area (Å²) in [6.07, 6.45) is 3.31. The fraction of sp³-hybridized carbons (Fsp3) is 0.571. The first kappa shape index (κ1) is 16.9. The van der Waals surface area contributed by atoms with Gasteiger partial charge in [-0.2, -0.15) is 4.31 Å². The molecule has 2 unspecified atom stereocenters. The maximum absolute atomic E-state index is 12.8. The summed E-state index contributed by atoms with van der Waals surface area (Å²) in [5.41, 5.74) is 0.822. The molecule has 7 nitrogen and oxygen atoms in total. The lowest BCUT2D eigenvalue weighted by atomic mass is 10.1. The molecule has 0 bridgehead atoms. The first-order valence-corrected chi connectivity index (χ1v) is 8.68. The van der Waals surface area contributed by atoms with Gasteiger partial charge < -0.3 is 10.2 Å². The van der Waals surface area contributed by atoms with Gasteiger partial charge in [-0.3, -0.25) is 9.78 Å². The highest BCUT2D eigenvalue weighted by Gasteiger charge is 2.40. The number of aromatic nitrogens is 1. The van der Waals surface area contributed by atoms with E-state index in [0.29, 0.717) is 19.6 Å². The number of hydrogen-bond donors (Lipinski definition) is 1. The van der Waals surface area contributed by atoms with Crippen molar-refractivity contribution in [3.63, 3.8) is 0 Å². The van der Waals surface area contributed by atoms with E-state index in [1.54, 1.807) is 32.6 Å². The molecule has 1 aliphatic heterocycles. The van der Waals surface area contributed by atoms with Gasteiger partial charge in [0.25, 0.3) is 0 Å². The molecular weight excluding hydrogens is 304 g/mol. The molecule has 0 radical (unpaired) electrons. The molecule has 2 atom stereocenters. The first-order valence-electron chi connectivity index (χ1n) is 7.18. The molecule has 2 heterocycles. The number of nitrogens with zero attached hydrogens (tertiary/aromatic N) is 3. The smallest absolute Gasteiger partial charge is 0.241 e. The molecule has 1 N–H and O–H groups in total. The van der Waals surface area contributed by atoms with Crippen LogP contribution < -0.4 is 5.32 Å². The third-order valence-electron chi connectivity index (χ3n) is 3.83. The molecule has 8 heteroatoms. The van der Waals surface area contributed by atoms with Crippen LogP contribution in [0.2, 0.25) is 0 Å². The molecule has 122 valence electrons. The van der Waals surface area contributed by atoms with E-state index in [9.17, 15) is 13.2 Å². The fourth-order valence-electron chi connectivity index (χ4n) is 2.54. The van der Waals surface area contributed by atoms with Gasteiger partial charge in [-0.25, -0.2) is 8.42 Å². The van der Waals surface area contributed by atoms with Crippen molar-refractivity contribution < 1.29 is 13.2 Å². The zero-order chi connectivity index (χ0) is 16.3. The van der Waals surface area contributed by atoms with Crippen molar-refractivity contribution in [1.29, 1.82) is 0 Å². The maximum atomic E-state index is 12.8. The van der Waals surface area contributed by atoms with Gasteiger partial charge in [0, 0.05) is 46.1 Å². The van der Waals surface area contributed by atoms with E-state index in [4.69, 9.17) is 0 Å². The Bertz CT molecular complexity index is 618. The van der Waals surface area contributed by atoms with E-state index in [-0.39, 0.29) is 6.04 Å². The molecule has 1 fully saturated rings. The number of piperazine rings is 1. The van der Waals surface area contributed by atoms with Gasteiger partial charge >= 0.3 is 0 Å². The van der Waals surface area contributed by atoms with Crippen LogP contribution in [0.5, 0.6) is 0 Å². The predicted octanol–water partition coefficient (Wildman–Crippen LogP) is -0.166. The van der Waals surface area contributed by atoms with E-state index >= 15 is 0 Å². The Morgan fingerprint density at radius 2 is 2.23 bits per heavy atom. The van der Waals surface area contributed by atoms with Crippen LogP contribution in [-0.4, -0.2) is 67.5 Å². The molecule has 2 rings (SSSR count). The Hall–Kier alpha value is -1.51. The second kappa shape index (κ2) is 6.72. The van der Waals surface area contributed by atoms with E-state index in [1.807, 2.05) is 6.07 Å².